The molecule has 0 N–H and O–H groups in total. The van der Waals surface area contributed by atoms with Crippen LogP contribution in [-0.4, -0.2) is 15.0 Å². The van der Waals surface area contributed by atoms with Gasteiger partial charge in [0.15, 0.2) is 5.75 Å². The van der Waals surface area contributed by atoms with Gasteiger partial charge >= 0.3 is 6.18 Å². The fourth-order valence-electron chi connectivity index (χ4n) is 1.71. The standard InChI is InChI=1S/C12H5ClF3N3O2/c13-21-8-5-17-4-3-6(8)10-18-7-1-2-9(12(14,15)16)19-11(7)20-10/h1-5H. The van der Waals surface area contributed by atoms with Gasteiger partial charge in [-0.15, -0.1) is 0 Å². The van der Waals surface area contributed by atoms with Gasteiger partial charge in [-0.05, 0) is 18.2 Å². The van der Waals surface area contributed by atoms with Crippen molar-refractivity contribution in [1.29, 1.82) is 0 Å². The number of halogens is 4. The fraction of sp³-hybridized carbons (Fsp3) is 0.0833. The molecule has 0 radical (unpaired) electrons. The third-order valence-electron chi connectivity index (χ3n) is 2.64. The maximum Gasteiger partial charge on any atom is 0.433 e. The van der Waals surface area contributed by atoms with Crippen LogP contribution >= 0.6 is 11.9 Å². The minimum Gasteiger partial charge on any atom is -0.418 e. The number of fused-ring (bicyclic) bond motifs is 1. The van der Waals surface area contributed by atoms with Crippen molar-refractivity contribution < 1.29 is 21.9 Å². The molecule has 3 aromatic heterocycles. The summed E-state index contributed by atoms with van der Waals surface area (Å²) in [5, 5.41) is 0. The van der Waals surface area contributed by atoms with Crippen LogP contribution in [0.4, 0.5) is 13.2 Å². The molecule has 5 nitrogen and oxygen atoms in total. The fourth-order valence-corrected chi connectivity index (χ4v) is 1.83. The Kier molecular flexibility index (Phi) is 3.17. The van der Waals surface area contributed by atoms with Crippen molar-refractivity contribution in [3.8, 4) is 17.2 Å². The molecule has 0 amide bonds. The van der Waals surface area contributed by atoms with Crippen LogP contribution in [0.2, 0.25) is 0 Å². The molecular weight excluding hydrogens is 311 g/mol. The summed E-state index contributed by atoms with van der Waals surface area (Å²) in [7, 11) is 0. The van der Waals surface area contributed by atoms with Crippen LogP contribution in [0.1, 0.15) is 5.69 Å². The number of hydrogen-bond donors (Lipinski definition) is 0. The predicted molar refractivity (Wildman–Crippen MR) is 66.5 cm³/mol. The van der Waals surface area contributed by atoms with Gasteiger partial charge in [0.1, 0.15) is 23.1 Å². The zero-order valence-corrected chi connectivity index (χ0v) is 10.8. The van der Waals surface area contributed by atoms with Crippen molar-refractivity contribution in [2.24, 2.45) is 0 Å². The molecule has 9 heteroatoms. The molecule has 0 atom stereocenters. The molecule has 0 unspecified atom stereocenters. The summed E-state index contributed by atoms with van der Waals surface area (Å²) >= 11 is 5.29. The molecule has 0 saturated heterocycles. The zero-order chi connectivity index (χ0) is 15.0. The molecular formula is C12H5ClF3N3O2. The van der Waals surface area contributed by atoms with E-state index in [2.05, 4.69) is 19.2 Å². The Bertz CT molecular complexity index is 804. The lowest BCUT2D eigenvalue weighted by Crippen LogP contribution is -2.07. The molecule has 0 aliphatic carbocycles. The summed E-state index contributed by atoms with van der Waals surface area (Å²) in [5.74, 6) is 0.205. The highest BCUT2D eigenvalue weighted by Gasteiger charge is 2.33. The van der Waals surface area contributed by atoms with Gasteiger partial charge in [-0.25, -0.2) is 9.97 Å². The van der Waals surface area contributed by atoms with E-state index in [4.69, 9.17) is 16.3 Å². The van der Waals surface area contributed by atoms with Crippen molar-refractivity contribution in [2.45, 2.75) is 6.18 Å². The van der Waals surface area contributed by atoms with Crippen molar-refractivity contribution in [3.05, 3.63) is 36.3 Å². The van der Waals surface area contributed by atoms with Gasteiger partial charge in [-0.2, -0.15) is 13.2 Å². The summed E-state index contributed by atoms with van der Waals surface area (Å²) in [6, 6.07) is 3.52. The molecule has 0 bridgehead atoms. The molecule has 3 rings (SSSR count). The smallest absolute Gasteiger partial charge is 0.418 e. The molecule has 0 saturated carbocycles. The molecule has 108 valence electrons. The van der Waals surface area contributed by atoms with E-state index in [9.17, 15) is 13.2 Å². The van der Waals surface area contributed by atoms with E-state index in [-0.39, 0.29) is 22.9 Å². The van der Waals surface area contributed by atoms with Crippen molar-refractivity contribution in [1.82, 2.24) is 15.0 Å². The minimum atomic E-state index is -4.55. The van der Waals surface area contributed by atoms with Crippen molar-refractivity contribution in [2.75, 3.05) is 0 Å². The highest BCUT2D eigenvalue weighted by molar-refractivity contribution is 6.09. The van der Waals surface area contributed by atoms with Gasteiger partial charge in [0.05, 0.1) is 11.8 Å². The maximum atomic E-state index is 12.6. The Labute approximate surface area is 120 Å². The summed E-state index contributed by atoms with van der Waals surface area (Å²) < 4.78 is 47.6. The maximum absolute atomic E-state index is 12.6. The van der Waals surface area contributed by atoms with Gasteiger partial charge < -0.3 is 8.71 Å². The molecule has 0 aliphatic heterocycles. The number of pyridine rings is 2. The summed E-state index contributed by atoms with van der Waals surface area (Å²) in [6.07, 6.45) is -1.79. The highest BCUT2D eigenvalue weighted by atomic mass is 35.5. The van der Waals surface area contributed by atoms with E-state index in [0.717, 1.165) is 6.07 Å². The number of nitrogens with zero attached hydrogens (tertiary/aromatic N) is 3. The van der Waals surface area contributed by atoms with E-state index in [1.165, 1.54) is 24.5 Å². The first kappa shape index (κ1) is 13.6. The Balaban J connectivity index is 2.13. The Morgan fingerprint density at radius 1 is 1.14 bits per heavy atom. The first-order valence-electron chi connectivity index (χ1n) is 5.57. The van der Waals surface area contributed by atoms with Crippen molar-refractivity contribution >= 4 is 23.1 Å². The largest absolute Gasteiger partial charge is 0.433 e. The lowest BCUT2D eigenvalue weighted by Gasteiger charge is -2.03. The van der Waals surface area contributed by atoms with Gasteiger partial charge in [0, 0.05) is 6.20 Å². The van der Waals surface area contributed by atoms with Gasteiger partial charge in [-0.1, -0.05) is 0 Å². The molecule has 0 aromatic carbocycles. The monoisotopic (exact) mass is 315 g/mol. The lowest BCUT2D eigenvalue weighted by atomic mass is 10.2. The van der Waals surface area contributed by atoms with Crippen LogP contribution in [0.25, 0.3) is 22.7 Å². The second-order valence-corrected chi connectivity index (χ2v) is 4.14. The summed E-state index contributed by atoms with van der Waals surface area (Å²) in [6.45, 7) is 0. The van der Waals surface area contributed by atoms with E-state index in [0.29, 0.717) is 5.56 Å². The quantitative estimate of drug-likeness (QED) is 0.719. The minimum absolute atomic E-state index is 0.0369. The van der Waals surface area contributed by atoms with Crippen LogP contribution in [-0.2, 0) is 6.18 Å². The Morgan fingerprint density at radius 2 is 1.95 bits per heavy atom. The highest BCUT2D eigenvalue weighted by Crippen LogP contribution is 2.33. The lowest BCUT2D eigenvalue weighted by molar-refractivity contribution is -0.141. The third kappa shape index (κ3) is 2.49. The third-order valence-corrected chi connectivity index (χ3v) is 2.81. The summed E-state index contributed by atoms with van der Waals surface area (Å²) in [4.78, 5) is 11.3. The van der Waals surface area contributed by atoms with E-state index in [1.807, 2.05) is 0 Å². The predicted octanol–water partition coefficient (Wildman–Crippen LogP) is 3.84. The second kappa shape index (κ2) is 4.88. The van der Waals surface area contributed by atoms with Crippen molar-refractivity contribution in [3.63, 3.8) is 0 Å². The number of alkyl halides is 3. The normalized spacial score (nSPS) is 11.8. The van der Waals surface area contributed by atoms with E-state index in [1.54, 1.807) is 0 Å². The van der Waals surface area contributed by atoms with Gasteiger partial charge in [-0.3, -0.25) is 4.98 Å². The first-order chi connectivity index (χ1) is 9.99. The van der Waals surface area contributed by atoms with Crippen LogP contribution in [0.5, 0.6) is 5.75 Å². The Hall–Kier alpha value is -2.35. The number of hydrogen-bond acceptors (Lipinski definition) is 5. The molecule has 0 fully saturated rings. The van der Waals surface area contributed by atoms with Crippen LogP contribution in [0, 0.1) is 0 Å². The number of aromatic nitrogens is 3. The molecule has 3 aromatic rings. The van der Waals surface area contributed by atoms with Crippen LogP contribution < -0.4 is 4.29 Å². The van der Waals surface area contributed by atoms with Gasteiger partial charge in [0.2, 0.25) is 11.6 Å². The van der Waals surface area contributed by atoms with Gasteiger partial charge in [0.25, 0.3) is 0 Å². The van der Waals surface area contributed by atoms with E-state index >= 15 is 0 Å². The topological polar surface area (TPSA) is 61.0 Å². The van der Waals surface area contributed by atoms with Crippen LogP contribution in [0.3, 0.4) is 0 Å². The summed E-state index contributed by atoms with van der Waals surface area (Å²) in [5.41, 5.74) is -0.736. The van der Waals surface area contributed by atoms with Crippen LogP contribution in [0.15, 0.2) is 35.0 Å². The zero-order valence-electron chi connectivity index (χ0n) is 10.1. The Morgan fingerprint density at radius 3 is 2.67 bits per heavy atom. The second-order valence-electron chi connectivity index (χ2n) is 3.99. The first-order valence-corrected chi connectivity index (χ1v) is 5.87. The molecule has 3 heterocycles. The molecule has 0 aliphatic rings. The molecule has 0 spiro atoms. The average molecular weight is 316 g/mol. The number of rotatable bonds is 2. The SMILES string of the molecule is FC(F)(F)c1ccc2nc(-c3ccncc3OCl)oc2n1. The number of oxazole rings is 1. The average Bonchev–Trinajstić information content (AvgIpc) is 2.89. The molecule has 21 heavy (non-hydrogen) atoms. The van der Waals surface area contributed by atoms with E-state index < -0.39 is 11.9 Å².